The van der Waals surface area contributed by atoms with E-state index in [0.717, 1.165) is 28.8 Å². The summed E-state index contributed by atoms with van der Waals surface area (Å²) in [6, 6.07) is 4.79. The molecular formula is C25H23FN4O. The summed E-state index contributed by atoms with van der Waals surface area (Å²) in [5.41, 5.74) is 12.1. The second kappa shape index (κ2) is 6.42. The van der Waals surface area contributed by atoms with Crippen molar-refractivity contribution in [1.29, 1.82) is 0 Å². The Labute approximate surface area is 180 Å². The van der Waals surface area contributed by atoms with Gasteiger partial charge in [0.25, 0.3) is 0 Å². The molecule has 2 aromatic rings. The maximum Gasteiger partial charge on any atom is 0.165 e. The van der Waals surface area contributed by atoms with Crippen molar-refractivity contribution in [2.45, 2.75) is 38.5 Å². The summed E-state index contributed by atoms with van der Waals surface area (Å²) in [7, 11) is 0. The van der Waals surface area contributed by atoms with Gasteiger partial charge in [0.2, 0.25) is 0 Å². The fourth-order valence-corrected chi connectivity index (χ4v) is 6.23. The molecule has 1 aromatic heterocycles. The zero-order valence-electron chi connectivity index (χ0n) is 17.5. The third-order valence-corrected chi connectivity index (χ3v) is 7.58. The van der Waals surface area contributed by atoms with Crippen LogP contribution in [0.1, 0.15) is 49.8 Å². The van der Waals surface area contributed by atoms with E-state index in [2.05, 4.69) is 23.0 Å². The normalized spacial score (nSPS) is 34.9. The fourth-order valence-electron chi connectivity index (χ4n) is 6.23. The van der Waals surface area contributed by atoms with Crippen LogP contribution in [-0.4, -0.2) is 21.6 Å². The highest BCUT2D eigenvalue weighted by Crippen LogP contribution is 2.55. The topological polar surface area (TPSA) is 81.2 Å². The molecule has 31 heavy (non-hydrogen) atoms. The first-order chi connectivity index (χ1) is 14.9. The largest absolute Gasteiger partial charge is 0.387 e. The Balaban J connectivity index is 1.66. The van der Waals surface area contributed by atoms with Crippen LogP contribution in [0.15, 0.2) is 58.5 Å². The first-order valence-electron chi connectivity index (χ1n) is 10.8. The van der Waals surface area contributed by atoms with Gasteiger partial charge >= 0.3 is 0 Å². The quantitative estimate of drug-likeness (QED) is 0.698. The first kappa shape index (κ1) is 18.6. The minimum absolute atomic E-state index is 0.0374. The number of amidine groups is 1. The van der Waals surface area contributed by atoms with Crippen molar-refractivity contribution < 1.29 is 9.18 Å². The van der Waals surface area contributed by atoms with Crippen molar-refractivity contribution >= 4 is 11.6 Å². The number of aliphatic imine (C=N–C) groups is 1. The third kappa shape index (κ3) is 2.60. The van der Waals surface area contributed by atoms with Crippen LogP contribution in [0.4, 0.5) is 4.39 Å². The second-order valence-electron chi connectivity index (χ2n) is 9.27. The van der Waals surface area contributed by atoms with Gasteiger partial charge in [-0.1, -0.05) is 19.1 Å². The smallest absolute Gasteiger partial charge is 0.165 e. The summed E-state index contributed by atoms with van der Waals surface area (Å²) in [5, 5.41) is 0. The Morgan fingerprint density at radius 1 is 1.16 bits per heavy atom. The number of ketones is 1. The van der Waals surface area contributed by atoms with E-state index in [1.165, 1.54) is 12.1 Å². The van der Waals surface area contributed by atoms with Gasteiger partial charge in [0, 0.05) is 35.6 Å². The van der Waals surface area contributed by atoms with Crippen LogP contribution in [0.5, 0.6) is 0 Å². The molecule has 1 aromatic carbocycles. The predicted molar refractivity (Wildman–Crippen MR) is 116 cm³/mol. The summed E-state index contributed by atoms with van der Waals surface area (Å²) in [5.74, 6) is 0.908. The van der Waals surface area contributed by atoms with E-state index in [9.17, 15) is 9.18 Å². The zero-order valence-corrected chi connectivity index (χ0v) is 17.5. The standard InChI is InChI=1S/C25H23FN4O/c1-11-22-18-6-14-5-13(7-21(31)24(14)12(2)29-25(27)23(11)18)16-4-3-15(26)8-17(16)19-9-28-10-20(22)30-19/h3-4,6,8-11,13,18,22-23H,5,7H2,1-2H3,(H2,27,29)/b14-6+,24-12+. The van der Waals surface area contributed by atoms with E-state index in [4.69, 9.17) is 10.7 Å². The van der Waals surface area contributed by atoms with Gasteiger partial charge in [-0.15, -0.1) is 0 Å². The molecule has 5 atom stereocenters. The van der Waals surface area contributed by atoms with Crippen LogP contribution in [0.25, 0.3) is 11.3 Å². The van der Waals surface area contributed by atoms with Crippen LogP contribution in [0.3, 0.4) is 0 Å². The predicted octanol–water partition coefficient (Wildman–Crippen LogP) is 4.28. The Morgan fingerprint density at radius 2 is 2.00 bits per heavy atom. The number of allylic oxidation sites excluding steroid dienone is 4. The summed E-state index contributed by atoms with van der Waals surface area (Å²) < 4.78 is 14.3. The molecule has 4 aliphatic rings. The van der Waals surface area contributed by atoms with Crippen LogP contribution in [-0.2, 0) is 4.79 Å². The second-order valence-corrected chi connectivity index (χ2v) is 9.27. The molecule has 0 saturated heterocycles. The van der Waals surface area contributed by atoms with Gasteiger partial charge in [-0.25, -0.2) is 14.4 Å². The number of aromatic nitrogens is 2. The number of rotatable bonds is 0. The molecule has 0 amide bonds. The molecule has 5 bridgehead atoms. The molecule has 5 nitrogen and oxygen atoms in total. The summed E-state index contributed by atoms with van der Waals surface area (Å²) in [6.45, 7) is 4.05. The lowest BCUT2D eigenvalue weighted by molar-refractivity contribution is -0.116. The van der Waals surface area contributed by atoms with Crippen LogP contribution >= 0.6 is 0 Å². The molecule has 2 saturated carbocycles. The maximum atomic E-state index is 14.3. The zero-order chi connectivity index (χ0) is 21.4. The van der Waals surface area contributed by atoms with E-state index < -0.39 is 0 Å². The molecule has 156 valence electrons. The number of nitrogens with two attached hydrogens (primary N) is 1. The lowest BCUT2D eigenvalue weighted by Gasteiger charge is -2.50. The van der Waals surface area contributed by atoms with Crippen LogP contribution in [0, 0.1) is 23.6 Å². The van der Waals surface area contributed by atoms with E-state index in [-0.39, 0.29) is 41.2 Å². The van der Waals surface area contributed by atoms with E-state index in [0.29, 0.717) is 29.2 Å². The number of hydrogen-bond donors (Lipinski definition) is 1. The number of fused-ring (bicyclic) bond motifs is 7. The third-order valence-electron chi connectivity index (χ3n) is 7.58. The molecule has 0 radical (unpaired) electrons. The van der Waals surface area contributed by atoms with Crippen molar-refractivity contribution in [3.63, 3.8) is 0 Å². The van der Waals surface area contributed by atoms with Crippen molar-refractivity contribution in [2.75, 3.05) is 0 Å². The molecule has 0 spiro atoms. The van der Waals surface area contributed by atoms with Gasteiger partial charge in [-0.2, -0.15) is 0 Å². The molecule has 6 rings (SSSR count). The molecule has 2 fully saturated rings. The number of halogens is 1. The Bertz CT molecular complexity index is 1240. The van der Waals surface area contributed by atoms with Crippen LogP contribution < -0.4 is 5.73 Å². The maximum absolute atomic E-state index is 14.3. The molecule has 2 aliphatic carbocycles. The highest BCUT2D eigenvalue weighted by molar-refractivity contribution is 6.03. The monoisotopic (exact) mass is 414 g/mol. The number of hydrogen-bond acceptors (Lipinski definition) is 5. The Morgan fingerprint density at radius 3 is 2.84 bits per heavy atom. The number of carbonyl (C=O) groups excluding carboxylic acids is 1. The van der Waals surface area contributed by atoms with Gasteiger partial charge in [-0.05, 0) is 54.4 Å². The van der Waals surface area contributed by atoms with Gasteiger partial charge in [-0.3, -0.25) is 9.78 Å². The number of nitrogens with zero attached hydrogens (tertiary/aromatic N) is 3. The first-order valence-corrected chi connectivity index (χ1v) is 10.8. The average molecular weight is 414 g/mol. The fraction of sp³-hybridized carbons (Fsp3) is 0.360. The molecule has 2 N–H and O–H groups in total. The minimum Gasteiger partial charge on any atom is -0.387 e. The molecule has 3 heterocycles. The van der Waals surface area contributed by atoms with Gasteiger partial charge in [0.15, 0.2) is 5.78 Å². The summed E-state index contributed by atoms with van der Waals surface area (Å²) >= 11 is 0. The highest BCUT2D eigenvalue weighted by Gasteiger charge is 2.51. The molecule has 5 unspecified atom stereocenters. The van der Waals surface area contributed by atoms with Gasteiger partial charge < -0.3 is 5.73 Å². The van der Waals surface area contributed by atoms with Crippen molar-refractivity contribution in [3.05, 3.63) is 70.6 Å². The minimum atomic E-state index is -0.316. The van der Waals surface area contributed by atoms with Gasteiger partial charge in [0.05, 0.1) is 23.3 Å². The van der Waals surface area contributed by atoms with Gasteiger partial charge in [0.1, 0.15) is 11.7 Å². The Kier molecular flexibility index (Phi) is 3.86. The molecule has 2 aliphatic heterocycles. The van der Waals surface area contributed by atoms with E-state index in [1.807, 2.05) is 13.1 Å². The summed E-state index contributed by atoms with van der Waals surface area (Å²) in [6.07, 6.45) is 6.83. The Hall–Kier alpha value is -3.15. The number of carbonyl (C=O) groups is 1. The molecular weight excluding hydrogens is 391 g/mol. The molecule has 6 heteroatoms. The summed E-state index contributed by atoms with van der Waals surface area (Å²) in [4.78, 5) is 27.4. The van der Waals surface area contributed by atoms with Crippen molar-refractivity contribution in [2.24, 2.45) is 28.5 Å². The SMILES string of the molecule is C/C1=C2\C(=O)CC3C\C2=C/C2C(C(N)=N1)C(C)C2c1cncc(n1)-c1cc(F)ccc13. The van der Waals surface area contributed by atoms with Crippen molar-refractivity contribution in [3.8, 4) is 11.3 Å². The van der Waals surface area contributed by atoms with E-state index >= 15 is 0 Å². The van der Waals surface area contributed by atoms with Crippen molar-refractivity contribution in [1.82, 2.24) is 9.97 Å². The highest BCUT2D eigenvalue weighted by atomic mass is 19.1. The average Bonchev–Trinajstić information content (AvgIpc) is 2.72. The number of benzene rings is 1. The lowest BCUT2D eigenvalue weighted by Crippen LogP contribution is -2.50. The number of Topliss-reactive ketones (excluding diaryl/α,β-unsaturated/α-hetero) is 1. The van der Waals surface area contributed by atoms with E-state index in [1.54, 1.807) is 12.3 Å². The van der Waals surface area contributed by atoms with Crippen LogP contribution in [0.2, 0.25) is 0 Å². The lowest BCUT2D eigenvalue weighted by atomic mass is 9.54.